The highest BCUT2D eigenvalue weighted by Crippen LogP contribution is 2.31. The van der Waals surface area contributed by atoms with Gasteiger partial charge in [-0.2, -0.15) is 0 Å². The number of rotatable bonds is 7. The molecule has 0 saturated carbocycles. The van der Waals surface area contributed by atoms with Crippen molar-refractivity contribution in [3.63, 3.8) is 0 Å². The maximum absolute atomic E-state index is 9.56. The zero-order chi connectivity index (χ0) is 12.7. The Balaban J connectivity index is 2.48. The van der Waals surface area contributed by atoms with Crippen molar-refractivity contribution in [2.75, 3.05) is 13.2 Å². The van der Waals surface area contributed by atoms with Gasteiger partial charge in [0.05, 0.1) is 6.61 Å². The van der Waals surface area contributed by atoms with Gasteiger partial charge in [0.15, 0.2) is 0 Å². The standard InChI is InChI=1S/C15H25NO/c1-13(2)15(11-16,12-17)10-6-9-14-7-4-3-5-8-14/h3-5,7-8,13,17H,6,9-12,16H2,1-2H3. The highest BCUT2D eigenvalue weighted by molar-refractivity contribution is 5.14. The molecule has 3 N–H and O–H groups in total. The average Bonchev–Trinajstić information content (AvgIpc) is 2.36. The SMILES string of the molecule is CC(C)C(CN)(CO)CCCc1ccccc1. The van der Waals surface area contributed by atoms with Gasteiger partial charge >= 0.3 is 0 Å². The van der Waals surface area contributed by atoms with E-state index < -0.39 is 0 Å². The van der Waals surface area contributed by atoms with Crippen LogP contribution in [0, 0.1) is 11.3 Å². The number of nitrogens with two attached hydrogens (primary N) is 1. The lowest BCUT2D eigenvalue weighted by Crippen LogP contribution is -2.39. The van der Waals surface area contributed by atoms with Gasteiger partial charge in [-0.3, -0.25) is 0 Å². The number of hydrogen-bond acceptors (Lipinski definition) is 2. The minimum Gasteiger partial charge on any atom is -0.396 e. The van der Waals surface area contributed by atoms with Crippen LogP contribution in [0.2, 0.25) is 0 Å². The highest BCUT2D eigenvalue weighted by Gasteiger charge is 2.30. The molecule has 1 unspecified atom stereocenters. The molecule has 1 rings (SSSR count). The lowest BCUT2D eigenvalue weighted by atomic mass is 9.74. The first-order chi connectivity index (χ1) is 8.14. The van der Waals surface area contributed by atoms with E-state index >= 15 is 0 Å². The van der Waals surface area contributed by atoms with E-state index in [-0.39, 0.29) is 12.0 Å². The molecule has 0 amide bonds. The van der Waals surface area contributed by atoms with Crippen LogP contribution < -0.4 is 5.73 Å². The number of benzene rings is 1. The van der Waals surface area contributed by atoms with Crippen molar-refractivity contribution in [1.82, 2.24) is 0 Å². The Morgan fingerprint density at radius 2 is 1.88 bits per heavy atom. The predicted octanol–water partition coefficient (Wildman–Crippen LogP) is 2.60. The fourth-order valence-corrected chi connectivity index (χ4v) is 2.24. The Hall–Kier alpha value is -0.860. The molecule has 0 radical (unpaired) electrons. The van der Waals surface area contributed by atoms with E-state index in [9.17, 15) is 5.11 Å². The van der Waals surface area contributed by atoms with Gasteiger partial charge in [-0.05, 0) is 30.7 Å². The normalized spacial score (nSPS) is 14.9. The molecule has 0 aliphatic heterocycles. The summed E-state index contributed by atoms with van der Waals surface area (Å²) in [6, 6.07) is 10.5. The number of aliphatic hydroxyl groups excluding tert-OH is 1. The summed E-state index contributed by atoms with van der Waals surface area (Å²) in [5.41, 5.74) is 7.10. The fraction of sp³-hybridized carbons (Fsp3) is 0.600. The van der Waals surface area contributed by atoms with Crippen molar-refractivity contribution in [2.24, 2.45) is 17.1 Å². The smallest absolute Gasteiger partial charge is 0.0501 e. The monoisotopic (exact) mass is 235 g/mol. The molecule has 1 aromatic rings. The topological polar surface area (TPSA) is 46.2 Å². The first-order valence-electron chi connectivity index (χ1n) is 6.49. The number of hydrogen-bond donors (Lipinski definition) is 2. The third-order valence-corrected chi connectivity index (χ3v) is 3.93. The van der Waals surface area contributed by atoms with Crippen LogP contribution in [0.5, 0.6) is 0 Å². The van der Waals surface area contributed by atoms with E-state index in [1.165, 1.54) is 5.56 Å². The summed E-state index contributed by atoms with van der Waals surface area (Å²) < 4.78 is 0. The van der Waals surface area contributed by atoms with E-state index in [1.807, 2.05) is 6.07 Å². The van der Waals surface area contributed by atoms with E-state index in [2.05, 4.69) is 38.1 Å². The van der Waals surface area contributed by atoms with Crippen molar-refractivity contribution in [3.8, 4) is 0 Å². The third-order valence-electron chi connectivity index (χ3n) is 3.93. The predicted molar refractivity (Wildman–Crippen MR) is 72.8 cm³/mol. The Kier molecular flexibility index (Phi) is 5.66. The lowest BCUT2D eigenvalue weighted by molar-refractivity contribution is 0.0730. The number of aryl methyl sites for hydroxylation is 1. The van der Waals surface area contributed by atoms with Crippen LogP contribution in [0.15, 0.2) is 30.3 Å². The van der Waals surface area contributed by atoms with Crippen LogP contribution in [-0.2, 0) is 6.42 Å². The van der Waals surface area contributed by atoms with Crippen molar-refractivity contribution in [2.45, 2.75) is 33.1 Å². The third kappa shape index (κ3) is 3.83. The lowest BCUT2D eigenvalue weighted by Gasteiger charge is -2.34. The molecule has 96 valence electrons. The summed E-state index contributed by atoms with van der Waals surface area (Å²) in [6.07, 6.45) is 3.14. The van der Waals surface area contributed by atoms with Crippen molar-refractivity contribution in [1.29, 1.82) is 0 Å². The van der Waals surface area contributed by atoms with Crippen LogP contribution >= 0.6 is 0 Å². The summed E-state index contributed by atoms with van der Waals surface area (Å²) >= 11 is 0. The van der Waals surface area contributed by atoms with E-state index in [4.69, 9.17) is 5.73 Å². The van der Waals surface area contributed by atoms with Gasteiger partial charge < -0.3 is 10.8 Å². The van der Waals surface area contributed by atoms with Crippen molar-refractivity contribution >= 4 is 0 Å². The Bertz CT molecular complexity index is 304. The molecule has 0 aliphatic carbocycles. The van der Waals surface area contributed by atoms with Crippen LogP contribution in [0.25, 0.3) is 0 Å². The van der Waals surface area contributed by atoms with Crippen LogP contribution in [0.4, 0.5) is 0 Å². The summed E-state index contributed by atoms with van der Waals surface area (Å²) in [4.78, 5) is 0. The molecule has 0 saturated heterocycles. The molecule has 1 atom stereocenters. The molecule has 2 heteroatoms. The summed E-state index contributed by atoms with van der Waals surface area (Å²) in [7, 11) is 0. The van der Waals surface area contributed by atoms with Gasteiger partial charge in [0.25, 0.3) is 0 Å². The summed E-state index contributed by atoms with van der Waals surface area (Å²) in [5.74, 6) is 0.424. The quantitative estimate of drug-likeness (QED) is 0.763. The molecule has 0 aromatic heterocycles. The van der Waals surface area contributed by atoms with Gasteiger partial charge in [0, 0.05) is 12.0 Å². The molecule has 0 bridgehead atoms. The molecule has 17 heavy (non-hydrogen) atoms. The molecule has 0 spiro atoms. The Morgan fingerprint density at radius 3 is 2.35 bits per heavy atom. The highest BCUT2D eigenvalue weighted by atomic mass is 16.3. The van der Waals surface area contributed by atoms with Gasteiger partial charge in [-0.25, -0.2) is 0 Å². The molecular weight excluding hydrogens is 210 g/mol. The first kappa shape index (κ1) is 14.2. The number of aliphatic hydroxyl groups is 1. The zero-order valence-electron chi connectivity index (χ0n) is 11.0. The second-order valence-corrected chi connectivity index (χ2v) is 5.22. The maximum atomic E-state index is 9.56. The fourth-order valence-electron chi connectivity index (χ4n) is 2.24. The minimum atomic E-state index is -0.102. The Labute approximate surface area is 105 Å². The molecular formula is C15H25NO. The maximum Gasteiger partial charge on any atom is 0.0501 e. The summed E-state index contributed by atoms with van der Waals surface area (Å²) in [5, 5.41) is 9.56. The van der Waals surface area contributed by atoms with Gasteiger partial charge in [-0.15, -0.1) is 0 Å². The van der Waals surface area contributed by atoms with Crippen LogP contribution in [-0.4, -0.2) is 18.3 Å². The van der Waals surface area contributed by atoms with Crippen molar-refractivity contribution < 1.29 is 5.11 Å². The second kappa shape index (κ2) is 6.77. The van der Waals surface area contributed by atoms with Crippen LogP contribution in [0.3, 0.4) is 0 Å². The molecule has 1 aromatic carbocycles. The molecule has 0 aliphatic rings. The molecule has 0 heterocycles. The van der Waals surface area contributed by atoms with Crippen LogP contribution in [0.1, 0.15) is 32.3 Å². The largest absolute Gasteiger partial charge is 0.396 e. The van der Waals surface area contributed by atoms with E-state index in [0.717, 1.165) is 19.3 Å². The molecule has 2 nitrogen and oxygen atoms in total. The van der Waals surface area contributed by atoms with Gasteiger partial charge in [-0.1, -0.05) is 44.2 Å². The Morgan fingerprint density at radius 1 is 1.24 bits per heavy atom. The summed E-state index contributed by atoms with van der Waals surface area (Å²) in [6.45, 7) is 5.04. The van der Waals surface area contributed by atoms with E-state index in [1.54, 1.807) is 0 Å². The second-order valence-electron chi connectivity index (χ2n) is 5.22. The molecule has 0 fully saturated rings. The van der Waals surface area contributed by atoms with Gasteiger partial charge in [0.1, 0.15) is 0 Å². The van der Waals surface area contributed by atoms with Crippen molar-refractivity contribution in [3.05, 3.63) is 35.9 Å². The minimum absolute atomic E-state index is 0.102. The zero-order valence-corrected chi connectivity index (χ0v) is 11.0. The van der Waals surface area contributed by atoms with E-state index in [0.29, 0.717) is 12.5 Å². The first-order valence-corrected chi connectivity index (χ1v) is 6.49. The van der Waals surface area contributed by atoms with Gasteiger partial charge in [0.2, 0.25) is 0 Å². The average molecular weight is 235 g/mol.